The summed E-state index contributed by atoms with van der Waals surface area (Å²) in [6.45, 7) is 6.38. The fourth-order valence-electron chi connectivity index (χ4n) is 3.55. The lowest BCUT2D eigenvalue weighted by atomic mass is 10.1. The minimum Gasteiger partial charge on any atom is -0.467 e. The van der Waals surface area contributed by atoms with Crippen molar-refractivity contribution in [1.82, 2.24) is 14.4 Å². The third-order valence-corrected chi connectivity index (χ3v) is 5.22. The van der Waals surface area contributed by atoms with Gasteiger partial charge in [0.2, 0.25) is 11.9 Å². The summed E-state index contributed by atoms with van der Waals surface area (Å²) in [5, 5.41) is 0. The molecule has 2 atom stereocenters. The number of carbonyl (C=O) groups is 3. The van der Waals surface area contributed by atoms with Gasteiger partial charge in [0.15, 0.2) is 0 Å². The zero-order chi connectivity index (χ0) is 20.0. The predicted molar refractivity (Wildman–Crippen MR) is 93.6 cm³/mol. The van der Waals surface area contributed by atoms with E-state index < -0.39 is 30.0 Å². The molecule has 1 aromatic heterocycles. The van der Waals surface area contributed by atoms with E-state index in [4.69, 9.17) is 9.47 Å². The highest BCUT2D eigenvalue weighted by Crippen LogP contribution is 2.35. The number of amides is 3. The van der Waals surface area contributed by atoms with Gasteiger partial charge in [0, 0.05) is 14.2 Å². The maximum atomic E-state index is 13.2. The van der Waals surface area contributed by atoms with E-state index >= 15 is 0 Å². The maximum absolute atomic E-state index is 13.2. The highest BCUT2D eigenvalue weighted by atomic mass is 16.5. The molecule has 3 heterocycles. The van der Waals surface area contributed by atoms with Gasteiger partial charge in [-0.2, -0.15) is 0 Å². The Bertz CT molecular complexity index is 858. The van der Waals surface area contributed by atoms with Gasteiger partial charge in [0.25, 0.3) is 5.91 Å². The number of fused-ring (bicyclic) bond motifs is 3. The Labute approximate surface area is 157 Å². The van der Waals surface area contributed by atoms with Crippen LogP contribution in [0.1, 0.15) is 24.4 Å². The van der Waals surface area contributed by atoms with Crippen LogP contribution in [0, 0.1) is 13.8 Å². The molecule has 3 amide bonds. The van der Waals surface area contributed by atoms with Crippen molar-refractivity contribution < 1.29 is 28.4 Å². The number of urea groups is 1. The molecule has 10 nitrogen and oxygen atoms in total. The van der Waals surface area contributed by atoms with Gasteiger partial charge in [0.05, 0.1) is 20.3 Å². The predicted octanol–water partition coefficient (Wildman–Crippen LogP) is 0.0790. The molecule has 2 aliphatic rings. The van der Waals surface area contributed by atoms with Crippen molar-refractivity contribution in [2.45, 2.75) is 39.4 Å². The van der Waals surface area contributed by atoms with Crippen molar-refractivity contribution >= 4 is 29.7 Å². The molecule has 0 N–H and O–H groups in total. The van der Waals surface area contributed by atoms with Gasteiger partial charge in [-0.15, -0.1) is 0 Å². The summed E-state index contributed by atoms with van der Waals surface area (Å²) in [5.74, 6) is -0.213. The van der Waals surface area contributed by atoms with E-state index in [1.54, 1.807) is 14.2 Å². The number of nitrogens with zero attached hydrogens (tertiary/aromatic N) is 5. The van der Waals surface area contributed by atoms with Gasteiger partial charge in [-0.1, -0.05) is 4.99 Å². The van der Waals surface area contributed by atoms with Gasteiger partial charge < -0.3 is 9.47 Å². The Kier molecular flexibility index (Phi) is 4.77. The molecule has 2 unspecified atom stereocenters. The average Bonchev–Trinajstić information content (AvgIpc) is 3.14. The van der Waals surface area contributed by atoms with E-state index in [1.165, 1.54) is 18.9 Å². The third-order valence-electron chi connectivity index (χ3n) is 5.22. The van der Waals surface area contributed by atoms with E-state index in [0.717, 1.165) is 16.3 Å². The summed E-state index contributed by atoms with van der Waals surface area (Å²) >= 11 is 0. The Balaban J connectivity index is 2.09. The number of esters is 1. The molecule has 1 saturated heterocycles. The summed E-state index contributed by atoms with van der Waals surface area (Å²) < 4.78 is 13.6. The van der Waals surface area contributed by atoms with Gasteiger partial charge in [0.1, 0.15) is 17.4 Å². The number of imide groups is 1. The van der Waals surface area contributed by atoms with Crippen LogP contribution in [0.2, 0.25) is 0 Å². The quantitative estimate of drug-likeness (QED) is 0.534. The first-order valence-electron chi connectivity index (χ1n) is 8.63. The van der Waals surface area contributed by atoms with Gasteiger partial charge in [-0.05, 0) is 20.8 Å². The molecule has 10 heteroatoms. The van der Waals surface area contributed by atoms with E-state index in [0.29, 0.717) is 24.9 Å². The third kappa shape index (κ3) is 2.62. The number of rotatable bonds is 5. The summed E-state index contributed by atoms with van der Waals surface area (Å²) in [6, 6.07) is -2.42. The van der Waals surface area contributed by atoms with Crippen LogP contribution in [0.15, 0.2) is 4.99 Å². The monoisotopic (exact) mass is 378 g/mol. The molecule has 2 aliphatic heterocycles. The molecule has 1 aromatic rings. The zero-order valence-electron chi connectivity index (χ0n) is 16.3. The second kappa shape index (κ2) is 6.76. The first-order chi connectivity index (χ1) is 12.8. The number of amidine groups is 1. The Morgan fingerprint density at radius 2 is 1.96 bits per heavy atom. The van der Waals surface area contributed by atoms with E-state index in [9.17, 15) is 14.4 Å². The molecule has 0 bridgehead atoms. The normalized spacial score (nSPS) is 19.8. The number of hydrogen-bond acceptors (Lipinski definition) is 6. The number of hydrogen-bond donors (Lipinski definition) is 0. The zero-order valence-corrected chi connectivity index (χ0v) is 16.3. The standard InChI is InChI=1S/C17H24N5O5/c1-9-10(2)21-12-13(18-16(21)20(9)7-8-26-5)19(4)17(25)22(14(12)23)11(3)15(24)27-6/h11-12H,7-8H2,1-6H3/q+1. The molecule has 1 fully saturated rings. The highest BCUT2D eigenvalue weighted by Gasteiger charge is 2.55. The van der Waals surface area contributed by atoms with Gasteiger partial charge in [-0.3, -0.25) is 9.69 Å². The van der Waals surface area contributed by atoms with Crippen LogP contribution >= 0.6 is 0 Å². The highest BCUT2D eigenvalue weighted by molar-refractivity contribution is 6.21. The van der Waals surface area contributed by atoms with Gasteiger partial charge >= 0.3 is 17.9 Å². The molecule has 0 radical (unpaired) electrons. The second-order valence-corrected chi connectivity index (χ2v) is 6.61. The fourth-order valence-corrected chi connectivity index (χ4v) is 3.55. The van der Waals surface area contributed by atoms with Crippen LogP contribution in [-0.4, -0.2) is 72.0 Å². The van der Waals surface area contributed by atoms with Gasteiger partial charge in [-0.25, -0.2) is 23.6 Å². The SMILES string of the molecule is COCC[n+]1c(C)c(C)n2c1N=C1C2C(=O)N(C(C)C(=O)OC)C(=O)N1C. The summed E-state index contributed by atoms with van der Waals surface area (Å²) in [5.41, 5.74) is 1.83. The lowest BCUT2D eigenvalue weighted by Gasteiger charge is -2.35. The second-order valence-electron chi connectivity index (χ2n) is 6.61. The molecule has 0 aromatic carbocycles. The van der Waals surface area contributed by atoms with Crippen LogP contribution in [0.25, 0.3) is 0 Å². The number of carbonyl (C=O) groups excluding carboxylic acids is 3. The van der Waals surface area contributed by atoms with Crippen LogP contribution in [0.5, 0.6) is 0 Å². The van der Waals surface area contributed by atoms with Crippen LogP contribution in [-0.2, 0) is 25.6 Å². The maximum Gasteiger partial charge on any atom is 0.402 e. The fraction of sp³-hybridized carbons (Fsp3) is 0.588. The first-order valence-corrected chi connectivity index (χ1v) is 8.63. The largest absolute Gasteiger partial charge is 0.467 e. The number of likely N-dealkylation sites (N-methyl/N-ethyl adjacent to an activating group) is 1. The van der Waals surface area contributed by atoms with Crippen LogP contribution < -0.4 is 4.57 Å². The molecule has 146 valence electrons. The van der Waals surface area contributed by atoms with Crippen molar-refractivity contribution in [2.24, 2.45) is 4.99 Å². The molecule has 0 saturated carbocycles. The van der Waals surface area contributed by atoms with E-state index in [1.807, 2.05) is 23.0 Å². The number of methoxy groups -OCH3 is 2. The van der Waals surface area contributed by atoms with Crippen LogP contribution in [0.3, 0.4) is 0 Å². The summed E-state index contributed by atoms with van der Waals surface area (Å²) in [7, 11) is 4.39. The van der Waals surface area contributed by atoms with E-state index in [2.05, 4.69) is 4.99 Å². The number of aliphatic imine (C=N–C) groups is 1. The summed E-state index contributed by atoms with van der Waals surface area (Å²) in [6.07, 6.45) is 0. The number of imidazole rings is 1. The Morgan fingerprint density at radius 1 is 1.30 bits per heavy atom. The topological polar surface area (TPSA) is 97.3 Å². The van der Waals surface area contributed by atoms with Crippen molar-refractivity contribution in [3.8, 4) is 0 Å². The lowest BCUT2D eigenvalue weighted by molar-refractivity contribution is -0.690. The number of ether oxygens (including phenoxy) is 2. The minimum absolute atomic E-state index is 0.350. The van der Waals surface area contributed by atoms with E-state index in [-0.39, 0.29) is 0 Å². The molecular formula is C17H24N5O5+. The van der Waals surface area contributed by atoms with Crippen molar-refractivity contribution in [1.29, 1.82) is 0 Å². The lowest BCUT2D eigenvalue weighted by Crippen LogP contribution is -2.61. The first kappa shape index (κ1) is 19.0. The molecule has 0 spiro atoms. The van der Waals surface area contributed by atoms with Crippen LogP contribution in [0.4, 0.5) is 10.7 Å². The van der Waals surface area contributed by atoms with Crippen molar-refractivity contribution in [2.75, 3.05) is 27.9 Å². The minimum atomic E-state index is -1.03. The molecule has 0 aliphatic carbocycles. The van der Waals surface area contributed by atoms with Crippen molar-refractivity contribution in [3.63, 3.8) is 0 Å². The molecule has 3 rings (SSSR count). The average molecular weight is 378 g/mol. The molecule has 27 heavy (non-hydrogen) atoms. The van der Waals surface area contributed by atoms with Crippen molar-refractivity contribution in [3.05, 3.63) is 11.4 Å². The molecular weight excluding hydrogens is 354 g/mol. The Hall–Kier alpha value is -2.75. The summed E-state index contributed by atoms with van der Waals surface area (Å²) in [4.78, 5) is 44.7. The Morgan fingerprint density at radius 3 is 2.56 bits per heavy atom. The number of aromatic nitrogens is 2. The smallest absolute Gasteiger partial charge is 0.402 e.